The lowest BCUT2D eigenvalue weighted by molar-refractivity contribution is -0.682. The van der Waals surface area contributed by atoms with Crippen LogP contribution in [-0.2, 0) is 6.54 Å². The fourth-order valence-electron chi connectivity index (χ4n) is 2.75. The Balaban J connectivity index is 2.14. The molecule has 94 valence electrons. The van der Waals surface area contributed by atoms with Gasteiger partial charge in [-0.05, 0) is 31.4 Å². The van der Waals surface area contributed by atoms with E-state index in [1.165, 1.54) is 30.0 Å². The average Bonchev–Trinajstić information content (AvgIpc) is 2.70. The quantitative estimate of drug-likeness (QED) is 0.699. The summed E-state index contributed by atoms with van der Waals surface area (Å²) in [5, 5.41) is 0. The molecule has 0 aliphatic carbocycles. The van der Waals surface area contributed by atoms with E-state index in [9.17, 15) is 0 Å². The third kappa shape index (κ3) is 1.80. The van der Waals surface area contributed by atoms with Crippen molar-refractivity contribution >= 4 is 5.95 Å². The normalized spacial score (nSPS) is 15.3. The Morgan fingerprint density at radius 2 is 2.00 bits per heavy atom. The van der Waals surface area contributed by atoms with Crippen LogP contribution in [0.3, 0.4) is 0 Å². The topological polar surface area (TPSA) is 12.0 Å². The monoisotopic (exact) mass is 242 g/mol. The number of aryl methyl sites for hydroxylation is 2. The molecule has 1 aliphatic heterocycles. The molecule has 0 saturated carbocycles. The van der Waals surface area contributed by atoms with Gasteiger partial charge >= 0.3 is 5.95 Å². The van der Waals surface area contributed by atoms with Crippen molar-refractivity contribution in [2.45, 2.75) is 26.3 Å². The largest absolute Gasteiger partial charge is 0.364 e. The maximum absolute atomic E-state index is 2.36. The third-order valence-electron chi connectivity index (χ3n) is 3.73. The van der Waals surface area contributed by atoms with Crippen molar-refractivity contribution in [2.24, 2.45) is 0 Å². The van der Waals surface area contributed by atoms with E-state index >= 15 is 0 Å². The Kier molecular flexibility index (Phi) is 2.82. The number of anilines is 1. The highest BCUT2D eigenvalue weighted by Crippen LogP contribution is 2.21. The van der Waals surface area contributed by atoms with Crippen LogP contribution in [0.5, 0.6) is 0 Å². The summed E-state index contributed by atoms with van der Waals surface area (Å²) >= 11 is 0. The van der Waals surface area contributed by atoms with Gasteiger partial charge in [0, 0.05) is 0 Å². The second kappa shape index (κ2) is 4.48. The lowest BCUT2D eigenvalue weighted by atomic mass is 10.2. The first kappa shape index (κ1) is 11.3. The van der Waals surface area contributed by atoms with E-state index in [-0.39, 0.29) is 0 Å². The molecule has 0 atom stereocenters. The zero-order valence-corrected chi connectivity index (χ0v) is 11.1. The first-order chi connectivity index (χ1) is 8.77. The van der Waals surface area contributed by atoms with Crippen molar-refractivity contribution < 1.29 is 4.57 Å². The Labute approximate surface area is 108 Å². The zero-order valence-electron chi connectivity index (χ0n) is 11.1. The lowest BCUT2D eigenvalue weighted by Gasteiger charge is -2.13. The minimum atomic E-state index is 1.12. The highest BCUT2D eigenvalue weighted by molar-refractivity contribution is 5.45. The molecule has 3 rings (SSSR count). The molecule has 0 radical (unpaired) electrons. The van der Waals surface area contributed by atoms with Crippen LogP contribution < -0.4 is 9.47 Å². The number of nitrogens with zero attached hydrogens (tertiary/aromatic N) is 3. The van der Waals surface area contributed by atoms with Crippen LogP contribution in [0.25, 0.3) is 5.69 Å². The average molecular weight is 242 g/mol. The molecule has 18 heavy (non-hydrogen) atoms. The van der Waals surface area contributed by atoms with E-state index in [1.54, 1.807) is 0 Å². The number of benzene rings is 1. The highest BCUT2D eigenvalue weighted by Gasteiger charge is 2.25. The van der Waals surface area contributed by atoms with Gasteiger partial charge in [0.25, 0.3) is 0 Å². The van der Waals surface area contributed by atoms with Crippen LogP contribution in [0.15, 0.2) is 36.7 Å². The predicted octanol–water partition coefficient (Wildman–Crippen LogP) is 2.30. The van der Waals surface area contributed by atoms with Gasteiger partial charge < -0.3 is 0 Å². The molecule has 2 heterocycles. The fraction of sp³-hybridized carbons (Fsp3) is 0.400. The van der Waals surface area contributed by atoms with Gasteiger partial charge in [-0.2, -0.15) is 0 Å². The first-order valence-corrected chi connectivity index (χ1v) is 6.65. The minimum Gasteiger partial charge on any atom is -0.266 e. The molecule has 2 aromatic rings. The van der Waals surface area contributed by atoms with Crippen LogP contribution in [0, 0.1) is 6.92 Å². The Morgan fingerprint density at radius 1 is 1.17 bits per heavy atom. The van der Waals surface area contributed by atoms with Crippen molar-refractivity contribution in [3.05, 3.63) is 42.2 Å². The molecule has 0 bridgehead atoms. The number of rotatable bonds is 1. The van der Waals surface area contributed by atoms with Crippen LogP contribution in [0.4, 0.5) is 5.95 Å². The third-order valence-corrected chi connectivity index (χ3v) is 3.73. The first-order valence-electron chi connectivity index (χ1n) is 6.65. The number of fused-ring (bicyclic) bond motifs is 1. The molecule has 0 spiro atoms. The van der Waals surface area contributed by atoms with Gasteiger partial charge in [-0.15, -0.1) is 0 Å². The Bertz CT molecular complexity index is 557. The van der Waals surface area contributed by atoms with E-state index in [2.05, 4.69) is 64.7 Å². The van der Waals surface area contributed by atoms with E-state index in [0.29, 0.717) is 0 Å². The number of hydrogen-bond acceptors (Lipinski definition) is 1. The van der Waals surface area contributed by atoms with Gasteiger partial charge in [0.1, 0.15) is 11.9 Å². The van der Waals surface area contributed by atoms with E-state index < -0.39 is 0 Å². The van der Waals surface area contributed by atoms with Crippen molar-refractivity contribution in [1.82, 2.24) is 4.57 Å². The van der Waals surface area contributed by atoms with Gasteiger partial charge in [-0.1, -0.05) is 18.2 Å². The zero-order chi connectivity index (χ0) is 12.5. The van der Waals surface area contributed by atoms with Crippen molar-refractivity contribution in [1.29, 1.82) is 0 Å². The summed E-state index contributed by atoms with van der Waals surface area (Å²) in [4.78, 5) is 2.36. The fourth-order valence-corrected chi connectivity index (χ4v) is 2.75. The van der Waals surface area contributed by atoms with E-state index in [0.717, 1.165) is 13.1 Å². The van der Waals surface area contributed by atoms with Crippen LogP contribution in [0.1, 0.15) is 18.4 Å². The smallest absolute Gasteiger partial charge is 0.266 e. The predicted molar refractivity (Wildman–Crippen MR) is 73.2 cm³/mol. The summed E-state index contributed by atoms with van der Waals surface area (Å²) in [6.07, 6.45) is 6.91. The molecular formula is C15H20N3+. The number of para-hydroxylation sites is 1. The van der Waals surface area contributed by atoms with Crippen molar-refractivity contribution in [3.63, 3.8) is 0 Å². The molecule has 3 nitrogen and oxygen atoms in total. The molecule has 1 aromatic carbocycles. The summed E-state index contributed by atoms with van der Waals surface area (Å²) in [5.41, 5.74) is 2.59. The molecule has 0 N–H and O–H groups in total. The maximum Gasteiger partial charge on any atom is 0.364 e. The summed E-state index contributed by atoms with van der Waals surface area (Å²) in [7, 11) is 2.19. The number of imidazole rings is 1. The highest BCUT2D eigenvalue weighted by atomic mass is 15.3. The maximum atomic E-state index is 2.36. The van der Waals surface area contributed by atoms with Crippen molar-refractivity contribution in [2.75, 3.05) is 18.5 Å². The van der Waals surface area contributed by atoms with Gasteiger partial charge in [0.05, 0.1) is 26.3 Å². The molecule has 3 heteroatoms. The minimum absolute atomic E-state index is 1.12. The SMILES string of the molecule is Cc1ccccc1-n1cc[n+]2c1N(C)CCCC2. The second-order valence-corrected chi connectivity index (χ2v) is 5.08. The van der Waals surface area contributed by atoms with Gasteiger partial charge in [0.15, 0.2) is 0 Å². The van der Waals surface area contributed by atoms with E-state index in [1.807, 2.05) is 0 Å². The summed E-state index contributed by atoms with van der Waals surface area (Å²) in [5.74, 6) is 1.29. The summed E-state index contributed by atoms with van der Waals surface area (Å²) in [6, 6.07) is 8.56. The molecule has 0 saturated heterocycles. The molecule has 1 aromatic heterocycles. The molecule has 0 amide bonds. The van der Waals surface area contributed by atoms with Crippen LogP contribution in [-0.4, -0.2) is 18.2 Å². The standard InChI is InChI=1S/C15H20N3/c1-13-7-3-4-8-14(13)18-12-11-17-10-6-5-9-16(2)15(17)18/h3-4,7-8,11-12H,5-6,9-10H2,1-2H3/q+1. The molecule has 0 unspecified atom stereocenters. The van der Waals surface area contributed by atoms with Crippen molar-refractivity contribution in [3.8, 4) is 5.69 Å². The van der Waals surface area contributed by atoms with Crippen LogP contribution in [0.2, 0.25) is 0 Å². The second-order valence-electron chi connectivity index (χ2n) is 5.08. The number of hydrogen-bond donors (Lipinski definition) is 0. The molecular weight excluding hydrogens is 222 g/mol. The van der Waals surface area contributed by atoms with E-state index in [4.69, 9.17) is 0 Å². The van der Waals surface area contributed by atoms with Gasteiger partial charge in [-0.25, -0.2) is 9.13 Å². The van der Waals surface area contributed by atoms with Gasteiger partial charge in [0.2, 0.25) is 0 Å². The Morgan fingerprint density at radius 3 is 2.83 bits per heavy atom. The van der Waals surface area contributed by atoms with Crippen LogP contribution >= 0.6 is 0 Å². The summed E-state index contributed by atoms with van der Waals surface area (Å²) < 4.78 is 4.67. The molecule has 1 aliphatic rings. The summed E-state index contributed by atoms with van der Waals surface area (Å²) in [6.45, 7) is 4.43. The Hall–Kier alpha value is -1.77. The number of aromatic nitrogens is 2. The van der Waals surface area contributed by atoms with Gasteiger partial charge in [-0.3, -0.25) is 4.90 Å². The molecule has 0 fully saturated rings. The lowest BCUT2D eigenvalue weighted by Crippen LogP contribution is -2.37.